The fourth-order valence-electron chi connectivity index (χ4n) is 10.2. The summed E-state index contributed by atoms with van der Waals surface area (Å²) in [5.41, 5.74) is 6.48. The number of nitrogens with one attached hydrogen (secondary N) is 3. The summed E-state index contributed by atoms with van der Waals surface area (Å²) in [4.78, 5) is 68.4. The number of piperazine rings is 1. The number of rotatable bonds is 13. The molecule has 0 unspecified atom stereocenters. The summed E-state index contributed by atoms with van der Waals surface area (Å²) in [6, 6.07) is 20.1. The molecule has 3 saturated heterocycles. The largest absolute Gasteiger partial charge is 0.494 e. The third kappa shape index (κ3) is 9.78. The predicted octanol–water partition coefficient (Wildman–Crippen LogP) is 7.52. The van der Waals surface area contributed by atoms with Gasteiger partial charge in [0.05, 0.1) is 42.0 Å². The number of aromatic nitrogens is 4. The first-order valence-electron chi connectivity index (χ1n) is 23.9. The molecule has 3 fully saturated rings. The molecule has 2 aromatic heterocycles. The van der Waals surface area contributed by atoms with Gasteiger partial charge in [-0.05, 0) is 86.5 Å². The van der Waals surface area contributed by atoms with Gasteiger partial charge in [-0.15, -0.1) is 0 Å². The molecular formula is C52H54ClFN11O6P. The van der Waals surface area contributed by atoms with Gasteiger partial charge in [0.15, 0.2) is 5.82 Å². The number of carbonyl (C=O) groups excluding carboxylic acids is 4. The number of imide groups is 2. The lowest BCUT2D eigenvalue weighted by molar-refractivity contribution is -0.136. The van der Waals surface area contributed by atoms with E-state index in [1.807, 2.05) is 37.6 Å². The first-order valence-corrected chi connectivity index (χ1v) is 26.9. The maximum Gasteiger partial charge on any atom is 0.262 e. The average molecular weight is 1010 g/mol. The second kappa shape index (κ2) is 19.8. The zero-order chi connectivity index (χ0) is 50.4. The van der Waals surface area contributed by atoms with E-state index in [9.17, 15) is 28.1 Å². The number of nitrogens with zero attached hydrogens (tertiary/aromatic N) is 8. The van der Waals surface area contributed by atoms with E-state index < -0.39 is 36.8 Å². The molecule has 0 saturated carbocycles. The number of methoxy groups -OCH3 is 1. The number of carbonyl (C=O) groups is 4. The molecule has 0 radical (unpaired) electrons. The van der Waals surface area contributed by atoms with Gasteiger partial charge >= 0.3 is 0 Å². The molecule has 6 heterocycles. The van der Waals surface area contributed by atoms with E-state index in [-0.39, 0.29) is 46.6 Å². The number of ether oxygens (including phenoxy) is 1. The van der Waals surface area contributed by atoms with Crippen LogP contribution in [0.3, 0.4) is 0 Å². The summed E-state index contributed by atoms with van der Waals surface area (Å²) in [6.45, 7) is 9.20. The number of piperidine rings is 2. The molecule has 72 heavy (non-hydrogen) atoms. The Morgan fingerprint density at radius 2 is 1.57 bits per heavy atom. The standard InChI is InChI=1S/C52H54ClFN11O6P/c1-61-30-33(27-56-61)37-25-42(58-52-55-28-39(53)48(60-52)57-41-12-9-32(23-46(41)72(3,4)70)35-7-5-6-8-40(35)54)45(71-2)26-44(37)64-17-15-31(16-18-64)29-62-19-21-63(22-20-62)34-10-11-36-38(24-34)51(69)65(50(36)68)43-13-14-47(66)59-49(43)67/h5-12,23-28,30-31,43H,13-22,29H2,1-4H3,(H,59,66,67)(H2,55,57,58,60)/t43-/m1/s1. The van der Waals surface area contributed by atoms with Crippen LogP contribution in [0.2, 0.25) is 5.02 Å². The van der Waals surface area contributed by atoms with Crippen molar-refractivity contribution in [3.8, 4) is 28.0 Å². The maximum atomic E-state index is 14.8. The molecule has 0 spiro atoms. The minimum absolute atomic E-state index is 0.0748. The summed E-state index contributed by atoms with van der Waals surface area (Å²) < 4.78 is 36.2. The highest BCUT2D eigenvalue weighted by atomic mass is 35.5. The van der Waals surface area contributed by atoms with Crippen molar-refractivity contribution in [1.82, 2.24) is 34.9 Å². The van der Waals surface area contributed by atoms with Crippen LogP contribution in [-0.2, 0) is 21.2 Å². The fraction of sp³-hybridized carbons (Fsp3) is 0.327. The van der Waals surface area contributed by atoms with Gasteiger partial charge in [0, 0.05) is 105 Å². The number of halogens is 2. The Labute approximate surface area is 421 Å². The van der Waals surface area contributed by atoms with Crippen LogP contribution in [-0.4, -0.2) is 125 Å². The van der Waals surface area contributed by atoms with Crippen molar-refractivity contribution >= 4 is 82.2 Å². The predicted molar refractivity (Wildman–Crippen MR) is 276 cm³/mol. The highest BCUT2D eigenvalue weighted by molar-refractivity contribution is 7.70. The molecule has 6 aromatic rings. The van der Waals surface area contributed by atoms with Gasteiger partial charge in [-0.2, -0.15) is 10.1 Å². The average Bonchev–Trinajstić information content (AvgIpc) is 3.91. The van der Waals surface area contributed by atoms with Crippen LogP contribution in [0.5, 0.6) is 5.75 Å². The molecule has 10 rings (SSSR count). The molecule has 20 heteroatoms. The van der Waals surface area contributed by atoms with Crippen molar-refractivity contribution in [3.05, 3.63) is 113 Å². The lowest BCUT2D eigenvalue weighted by Gasteiger charge is -2.40. The quantitative estimate of drug-likeness (QED) is 0.0762. The molecule has 0 bridgehead atoms. The number of fused-ring (bicyclic) bond motifs is 1. The Morgan fingerprint density at radius 3 is 2.28 bits per heavy atom. The van der Waals surface area contributed by atoms with Crippen LogP contribution in [0.1, 0.15) is 46.4 Å². The van der Waals surface area contributed by atoms with Gasteiger partial charge < -0.3 is 29.7 Å². The van der Waals surface area contributed by atoms with Crippen LogP contribution in [0, 0.1) is 11.7 Å². The molecule has 1 atom stereocenters. The van der Waals surface area contributed by atoms with Crippen LogP contribution in [0.4, 0.5) is 38.9 Å². The smallest absolute Gasteiger partial charge is 0.262 e. The van der Waals surface area contributed by atoms with Crippen molar-refractivity contribution in [2.45, 2.75) is 31.7 Å². The van der Waals surface area contributed by atoms with E-state index in [1.165, 1.54) is 12.3 Å². The van der Waals surface area contributed by atoms with E-state index in [2.05, 4.69) is 40.7 Å². The van der Waals surface area contributed by atoms with Crippen molar-refractivity contribution in [2.75, 3.05) is 86.7 Å². The molecule has 4 amide bonds. The maximum absolute atomic E-state index is 14.8. The van der Waals surface area contributed by atoms with Gasteiger partial charge in [-0.3, -0.25) is 39.0 Å². The van der Waals surface area contributed by atoms with Crippen LogP contribution < -0.4 is 35.8 Å². The van der Waals surface area contributed by atoms with Gasteiger partial charge in [0.25, 0.3) is 11.8 Å². The Bertz CT molecular complexity index is 3180. The number of aryl methyl sites for hydroxylation is 1. The summed E-state index contributed by atoms with van der Waals surface area (Å²) in [6.07, 6.45) is 7.49. The van der Waals surface area contributed by atoms with Crippen molar-refractivity contribution in [3.63, 3.8) is 0 Å². The molecule has 0 aliphatic carbocycles. The number of hydrogen-bond donors (Lipinski definition) is 3. The van der Waals surface area contributed by atoms with Gasteiger partial charge in [-0.1, -0.05) is 35.9 Å². The Balaban J connectivity index is 0.800. The number of amides is 4. The second-order valence-corrected chi connectivity index (χ2v) is 22.7. The Hall–Kier alpha value is -7.14. The molecule has 4 aliphatic heterocycles. The van der Waals surface area contributed by atoms with Gasteiger partial charge in [0.1, 0.15) is 29.8 Å². The van der Waals surface area contributed by atoms with Crippen LogP contribution >= 0.6 is 18.7 Å². The van der Waals surface area contributed by atoms with E-state index >= 15 is 0 Å². The van der Waals surface area contributed by atoms with Crippen molar-refractivity contribution < 1.29 is 32.9 Å². The molecule has 17 nitrogen and oxygen atoms in total. The first-order chi connectivity index (χ1) is 34.6. The summed E-state index contributed by atoms with van der Waals surface area (Å²) in [5, 5.41) is 14.1. The molecule has 3 N–H and O–H groups in total. The molecular weight excluding hydrogens is 960 g/mol. The molecule has 4 aliphatic rings. The lowest BCUT2D eigenvalue weighted by Crippen LogP contribution is -2.54. The van der Waals surface area contributed by atoms with E-state index in [0.717, 1.165) is 86.1 Å². The first kappa shape index (κ1) is 48.5. The van der Waals surface area contributed by atoms with Gasteiger partial charge in [-0.25, -0.2) is 9.37 Å². The second-order valence-electron chi connectivity index (χ2n) is 19.1. The zero-order valence-corrected chi connectivity index (χ0v) is 42.0. The topological polar surface area (TPSA) is 187 Å². The number of benzene rings is 4. The third-order valence-electron chi connectivity index (χ3n) is 14.0. The highest BCUT2D eigenvalue weighted by Crippen LogP contribution is 2.43. The summed E-state index contributed by atoms with van der Waals surface area (Å²) in [5.74, 6) is -0.807. The van der Waals surface area contributed by atoms with E-state index in [1.54, 1.807) is 73.7 Å². The zero-order valence-electron chi connectivity index (χ0n) is 40.3. The van der Waals surface area contributed by atoms with Crippen LogP contribution in [0.25, 0.3) is 22.3 Å². The van der Waals surface area contributed by atoms with Gasteiger partial charge in [0.2, 0.25) is 17.8 Å². The lowest BCUT2D eigenvalue weighted by atomic mass is 9.94. The van der Waals surface area contributed by atoms with Crippen molar-refractivity contribution in [1.29, 1.82) is 0 Å². The Morgan fingerprint density at radius 1 is 0.806 bits per heavy atom. The highest BCUT2D eigenvalue weighted by Gasteiger charge is 2.45. The number of anilines is 6. The Kier molecular flexibility index (Phi) is 13.3. The normalized spacial score (nSPS) is 17.9. The number of hydrogen-bond acceptors (Lipinski definition) is 14. The fourth-order valence-corrected chi connectivity index (χ4v) is 11.5. The minimum Gasteiger partial charge on any atom is -0.494 e. The third-order valence-corrected chi connectivity index (χ3v) is 15.8. The van der Waals surface area contributed by atoms with E-state index in [0.29, 0.717) is 39.5 Å². The molecule has 372 valence electrons. The van der Waals surface area contributed by atoms with Crippen LogP contribution in [0.15, 0.2) is 91.4 Å². The SMILES string of the molecule is COc1cc(N2CCC(CN3CCN(c4ccc5c(c4)C(=O)N([C@@H]4CCC(=O)NC4=O)C5=O)CC3)CC2)c(-c2cnn(C)c2)cc1Nc1ncc(Cl)c(Nc2ccc(-c3ccccc3F)cc2P(C)(C)=O)n1. The van der Waals surface area contributed by atoms with E-state index in [4.69, 9.17) is 21.3 Å². The molecule has 4 aromatic carbocycles. The van der Waals surface area contributed by atoms with Crippen molar-refractivity contribution in [2.24, 2.45) is 13.0 Å². The summed E-state index contributed by atoms with van der Waals surface area (Å²) >= 11 is 6.67. The minimum atomic E-state index is -2.88. The summed E-state index contributed by atoms with van der Waals surface area (Å²) in [7, 11) is 0.627. The monoisotopic (exact) mass is 1010 g/mol.